The van der Waals surface area contributed by atoms with E-state index in [0.717, 1.165) is 33.9 Å². The number of thiophene rings is 1. The van der Waals surface area contributed by atoms with Gasteiger partial charge < -0.3 is 14.6 Å². The van der Waals surface area contributed by atoms with E-state index in [4.69, 9.17) is 9.47 Å². The van der Waals surface area contributed by atoms with Crippen molar-refractivity contribution in [3.63, 3.8) is 0 Å². The van der Waals surface area contributed by atoms with Crippen LogP contribution < -0.4 is 9.47 Å². The summed E-state index contributed by atoms with van der Waals surface area (Å²) in [7, 11) is 0. The van der Waals surface area contributed by atoms with Crippen molar-refractivity contribution in [2.75, 3.05) is 19.9 Å². The first-order valence-corrected chi connectivity index (χ1v) is 9.84. The predicted octanol–water partition coefficient (Wildman–Crippen LogP) is 4.13. The van der Waals surface area contributed by atoms with Gasteiger partial charge in [0.15, 0.2) is 11.5 Å². The van der Waals surface area contributed by atoms with Crippen molar-refractivity contribution in [3.05, 3.63) is 44.6 Å². The van der Waals surface area contributed by atoms with Crippen molar-refractivity contribution >= 4 is 33.2 Å². The molecule has 0 amide bonds. The maximum atomic E-state index is 11.2. The Hall–Kier alpha value is -1.57. The van der Waals surface area contributed by atoms with Crippen LogP contribution in [-0.2, 0) is 4.79 Å². The molecule has 1 unspecified atom stereocenters. The van der Waals surface area contributed by atoms with Crippen molar-refractivity contribution < 1.29 is 19.4 Å². The van der Waals surface area contributed by atoms with Crippen LogP contribution in [0.3, 0.4) is 0 Å². The molecule has 2 aromatic rings. The molecule has 1 saturated heterocycles. The van der Waals surface area contributed by atoms with E-state index < -0.39 is 5.97 Å². The van der Waals surface area contributed by atoms with Gasteiger partial charge in [0.25, 0.3) is 0 Å². The van der Waals surface area contributed by atoms with Gasteiger partial charge in [0.2, 0.25) is 6.79 Å². The third-order valence-corrected chi connectivity index (χ3v) is 6.50. The number of rotatable bonds is 4. The smallest absolute Gasteiger partial charge is 0.306 e. The summed E-state index contributed by atoms with van der Waals surface area (Å²) in [6.45, 7) is 1.80. The van der Waals surface area contributed by atoms with Crippen LogP contribution in [0.2, 0.25) is 0 Å². The van der Waals surface area contributed by atoms with Gasteiger partial charge in [-0.25, -0.2) is 0 Å². The Bertz CT molecular complexity index is 785. The summed E-state index contributed by atoms with van der Waals surface area (Å²) < 4.78 is 12.1. The molecule has 0 radical (unpaired) electrons. The van der Waals surface area contributed by atoms with Crippen molar-refractivity contribution in [3.8, 4) is 11.5 Å². The minimum Gasteiger partial charge on any atom is -0.481 e. The number of hydrogen-bond acceptors (Lipinski definition) is 5. The number of ether oxygens (including phenoxy) is 2. The van der Waals surface area contributed by atoms with Crippen LogP contribution in [0.5, 0.6) is 11.5 Å². The van der Waals surface area contributed by atoms with Gasteiger partial charge in [0, 0.05) is 4.88 Å². The van der Waals surface area contributed by atoms with E-state index in [1.54, 1.807) is 11.3 Å². The number of aliphatic carboxylic acids is 1. The molecule has 132 valence electrons. The highest BCUT2D eigenvalue weighted by Gasteiger charge is 2.31. The molecule has 4 rings (SSSR count). The lowest BCUT2D eigenvalue weighted by Gasteiger charge is -2.36. The fourth-order valence-electron chi connectivity index (χ4n) is 3.52. The normalized spacial score (nSPS) is 19.1. The molecule has 1 aromatic carbocycles. The summed E-state index contributed by atoms with van der Waals surface area (Å²) in [5, 5.41) is 9.25. The number of hydrogen-bond donors (Lipinski definition) is 1. The lowest BCUT2D eigenvalue weighted by molar-refractivity contribution is -0.143. The van der Waals surface area contributed by atoms with Crippen molar-refractivity contribution in [1.82, 2.24) is 4.90 Å². The Kier molecular flexibility index (Phi) is 4.71. The minimum atomic E-state index is -0.682. The van der Waals surface area contributed by atoms with Crippen LogP contribution >= 0.6 is 27.3 Å². The molecule has 0 spiro atoms. The van der Waals surface area contributed by atoms with Gasteiger partial charge in [0.1, 0.15) is 0 Å². The first-order chi connectivity index (χ1) is 12.1. The van der Waals surface area contributed by atoms with Gasteiger partial charge >= 0.3 is 5.97 Å². The summed E-state index contributed by atoms with van der Waals surface area (Å²) in [5.41, 5.74) is 1.15. The molecule has 2 aliphatic rings. The first-order valence-electron chi connectivity index (χ1n) is 8.23. The van der Waals surface area contributed by atoms with Crippen LogP contribution in [0.15, 0.2) is 34.1 Å². The SMILES string of the molecule is O=C(O)C1CCN(C(c2ccc3c(c2)OCO3)c2ccc(Br)s2)CC1. The number of likely N-dealkylation sites (tertiary alicyclic amines) is 1. The number of halogens is 1. The lowest BCUT2D eigenvalue weighted by Crippen LogP contribution is -2.39. The number of fused-ring (bicyclic) bond motifs is 1. The van der Waals surface area contributed by atoms with Crippen molar-refractivity contribution in [1.29, 1.82) is 0 Å². The summed E-state index contributed by atoms with van der Waals surface area (Å²) in [4.78, 5) is 14.9. The third kappa shape index (κ3) is 3.41. The summed E-state index contributed by atoms with van der Waals surface area (Å²) in [5.74, 6) is 0.639. The van der Waals surface area contributed by atoms with E-state index in [2.05, 4.69) is 39.0 Å². The Morgan fingerprint density at radius 2 is 1.96 bits per heavy atom. The molecule has 1 aromatic heterocycles. The minimum absolute atomic E-state index is 0.0977. The van der Waals surface area contributed by atoms with Crippen LogP contribution in [0.25, 0.3) is 0 Å². The van der Waals surface area contributed by atoms with E-state index in [1.807, 2.05) is 12.1 Å². The van der Waals surface area contributed by atoms with E-state index in [0.29, 0.717) is 12.8 Å². The fourth-order valence-corrected chi connectivity index (χ4v) is 5.11. The van der Waals surface area contributed by atoms with Gasteiger partial charge in [0.05, 0.1) is 15.7 Å². The average molecular weight is 424 g/mol. The first kappa shape index (κ1) is 16.9. The zero-order chi connectivity index (χ0) is 17.4. The van der Waals surface area contributed by atoms with E-state index in [-0.39, 0.29) is 18.8 Å². The molecule has 1 fully saturated rings. The quantitative estimate of drug-likeness (QED) is 0.800. The molecular formula is C18H18BrNO4S. The topological polar surface area (TPSA) is 59.0 Å². The predicted molar refractivity (Wildman–Crippen MR) is 98.4 cm³/mol. The number of nitrogens with zero attached hydrogens (tertiary/aromatic N) is 1. The standard InChI is InChI=1S/C18H18BrNO4S/c19-16-4-3-15(25-16)17(20-7-5-11(6-8-20)18(21)22)12-1-2-13-14(9-12)24-10-23-13/h1-4,9,11,17H,5-8,10H2,(H,21,22). The zero-order valence-corrected chi connectivity index (χ0v) is 15.9. The number of carbonyl (C=O) groups is 1. The molecule has 0 saturated carbocycles. The number of carboxylic acids is 1. The van der Waals surface area contributed by atoms with E-state index in [1.165, 1.54) is 4.88 Å². The summed E-state index contributed by atoms with van der Waals surface area (Å²) in [6, 6.07) is 10.4. The van der Waals surface area contributed by atoms with Crippen LogP contribution in [0, 0.1) is 5.92 Å². The molecule has 25 heavy (non-hydrogen) atoms. The highest BCUT2D eigenvalue weighted by molar-refractivity contribution is 9.11. The maximum absolute atomic E-state index is 11.2. The Morgan fingerprint density at radius 3 is 2.64 bits per heavy atom. The summed E-state index contributed by atoms with van der Waals surface area (Å²) in [6.07, 6.45) is 1.37. The Balaban J connectivity index is 1.65. The number of piperidine rings is 1. The molecule has 1 N–H and O–H groups in total. The van der Waals surface area contributed by atoms with Crippen LogP contribution in [0.1, 0.15) is 29.3 Å². The van der Waals surface area contributed by atoms with Crippen molar-refractivity contribution in [2.24, 2.45) is 5.92 Å². The number of benzene rings is 1. The molecule has 1 atom stereocenters. The molecule has 0 aliphatic carbocycles. The zero-order valence-electron chi connectivity index (χ0n) is 13.5. The van der Waals surface area contributed by atoms with Gasteiger partial charge in [-0.15, -0.1) is 11.3 Å². The highest BCUT2D eigenvalue weighted by Crippen LogP contribution is 2.41. The van der Waals surface area contributed by atoms with Gasteiger partial charge in [-0.3, -0.25) is 9.69 Å². The van der Waals surface area contributed by atoms with E-state index >= 15 is 0 Å². The fraction of sp³-hybridized carbons (Fsp3) is 0.389. The second-order valence-corrected chi connectivity index (χ2v) is 8.80. The van der Waals surface area contributed by atoms with Gasteiger partial charge in [-0.2, -0.15) is 0 Å². The maximum Gasteiger partial charge on any atom is 0.306 e. The molecular weight excluding hydrogens is 406 g/mol. The second-order valence-electron chi connectivity index (χ2n) is 6.31. The van der Waals surface area contributed by atoms with Crippen molar-refractivity contribution in [2.45, 2.75) is 18.9 Å². The average Bonchev–Trinajstić information content (AvgIpc) is 3.24. The molecule has 5 nitrogen and oxygen atoms in total. The molecule has 3 heterocycles. The molecule has 2 aliphatic heterocycles. The second kappa shape index (κ2) is 6.97. The Labute approximate surface area is 158 Å². The van der Waals surface area contributed by atoms with Crippen LogP contribution in [0.4, 0.5) is 0 Å². The number of carboxylic acid groups (broad SMARTS) is 1. The Morgan fingerprint density at radius 1 is 1.20 bits per heavy atom. The molecule has 7 heteroatoms. The third-order valence-electron chi connectivity index (χ3n) is 4.82. The monoisotopic (exact) mass is 423 g/mol. The van der Waals surface area contributed by atoms with Crippen LogP contribution in [-0.4, -0.2) is 35.9 Å². The molecule has 0 bridgehead atoms. The van der Waals surface area contributed by atoms with E-state index in [9.17, 15) is 9.90 Å². The van der Waals surface area contributed by atoms with Gasteiger partial charge in [-0.05, 0) is 71.7 Å². The lowest BCUT2D eigenvalue weighted by atomic mass is 9.93. The largest absolute Gasteiger partial charge is 0.481 e. The summed E-state index contributed by atoms with van der Waals surface area (Å²) >= 11 is 5.26. The van der Waals surface area contributed by atoms with Gasteiger partial charge in [-0.1, -0.05) is 6.07 Å². The highest BCUT2D eigenvalue weighted by atomic mass is 79.9.